The van der Waals surface area contributed by atoms with E-state index in [1.165, 1.54) is 5.69 Å². The van der Waals surface area contributed by atoms with E-state index in [4.69, 9.17) is 9.47 Å². The van der Waals surface area contributed by atoms with Crippen molar-refractivity contribution >= 4 is 51.6 Å². The Kier molecular flexibility index (Phi) is 8.74. The molecule has 2 aliphatic rings. The first-order valence-corrected chi connectivity index (χ1v) is 9.21. The van der Waals surface area contributed by atoms with Crippen LogP contribution in [0.15, 0.2) is 33.7 Å². The molecule has 2 unspecified atom stereocenters. The number of guanidine groups is 1. The minimum atomic E-state index is 0. The third kappa shape index (κ3) is 6.26. The summed E-state index contributed by atoms with van der Waals surface area (Å²) in [4.78, 5) is 6.72. The van der Waals surface area contributed by atoms with Crippen LogP contribution in [0.1, 0.15) is 6.42 Å². The van der Waals surface area contributed by atoms with Crippen molar-refractivity contribution in [3.05, 3.63) is 28.7 Å². The summed E-state index contributed by atoms with van der Waals surface area (Å²) < 4.78 is 12.2. The van der Waals surface area contributed by atoms with Crippen molar-refractivity contribution in [2.75, 3.05) is 51.4 Å². The number of hydrogen-bond acceptors (Lipinski definition) is 4. The molecule has 0 bridgehead atoms. The van der Waals surface area contributed by atoms with Crippen LogP contribution in [0, 0.1) is 0 Å². The number of aliphatic imine (C=N–C) groups is 1. The van der Waals surface area contributed by atoms with Gasteiger partial charge in [-0.2, -0.15) is 0 Å². The Bertz CT molecular complexity index is 552. The molecule has 3 rings (SSSR count). The highest BCUT2D eigenvalue weighted by Crippen LogP contribution is 2.22. The molecule has 2 fully saturated rings. The first kappa shape index (κ1) is 20.7. The van der Waals surface area contributed by atoms with Gasteiger partial charge in [0.2, 0.25) is 0 Å². The number of nitrogens with zero attached hydrogens (tertiary/aromatic N) is 2. The molecular weight excluding hydrogens is 499 g/mol. The summed E-state index contributed by atoms with van der Waals surface area (Å²) in [5.74, 6) is 0.826. The number of rotatable bonds is 4. The van der Waals surface area contributed by atoms with Gasteiger partial charge >= 0.3 is 0 Å². The minimum absolute atomic E-state index is 0. The molecule has 0 spiro atoms. The highest BCUT2D eigenvalue weighted by molar-refractivity contribution is 14.0. The zero-order valence-corrected chi connectivity index (χ0v) is 18.3. The predicted molar refractivity (Wildman–Crippen MR) is 115 cm³/mol. The van der Waals surface area contributed by atoms with E-state index in [9.17, 15) is 0 Å². The molecule has 0 radical (unpaired) electrons. The molecule has 2 aliphatic heterocycles. The summed E-state index contributed by atoms with van der Waals surface area (Å²) in [7, 11) is 1.80. The predicted octanol–water partition coefficient (Wildman–Crippen LogP) is 2.23. The molecule has 0 aliphatic carbocycles. The average molecular weight is 525 g/mol. The van der Waals surface area contributed by atoms with Gasteiger partial charge in [-0.15, -0.1) is 24.0 Å². The smallest absolute Gasteiger partial charge is 0.191 e. The standard InChI is InChI=1S/C17H25BrN4O2.HI/c1-19-17(20-10-16-12-23-8-9-24-16)21-14-6-7-22(11-14)15-4-2-13(18)3-5-15;/h2-5,14,16H,6-12H2,1H3,(H2,19,20,21);1H. The van der Waals surface area contributed by atoms with Crippen LogP contribution in [-0.2, 0) is 9.47 Å². The number of nitrogens with one attached hydrogen (secondary N) is 2. The number of ether oxygens (including phenoxy) is 2. The summed E-state index contributed by atoms with van der Waals surface area (Å²) in [5, 5.41) is 6.85. The van der Waals surface area contributed by atoms with E-state index in [0.717, 1.165) is 29.9 Å². The van der Waals surface area contributed by atoms with Crippen LogP contribution < -0.4 is 15.5 Å². The molecule has 2 saturated heterocycles. The average Bonchev–Trinajstić information content (AvgIpc) is 3.08. The SMILES string of the molecule is CN=C(NCC1COCCO1)NC1CCN(c2ccc(Br)cc2)C1.I. The van der Waals surface area contributed by atoms with Crippen molar-refractivity contribution in [2.24, 2.45) is 4.99 Å². The fourth-order valence-electron chi connectivity index (χ4n) is 3.02. The van der Waals surface area contributed by atoms with Crippen molar-refractivity contribution in [1.29, 1.82) is 0 Å². The van der Waals surface area contributed by atoms with Crippen LogP contribution in [0.5, 0.6) is 0 Å². The van der Waals surface area contributed by atoms with Gasteiger partial charge in [-0.3, -0.25) is 4.99 Å². The van der Waals surface area contributed by atoms with E-state index >= 15 is 0 Å². The molecule has 2 N–H and O–H groups in total. The Morgan fingerprint density at radius 3 is 2.80 bits per heavy atom. The summed E-state index contributed by atoms with van der Waals surface area (Å²) in [6.45, 7) is 4.75. The van der Waals surface area contributed by atoms with Crippen molar-refractivity contribution in [2.45, 2.75) is 18.6 Å². The fraction of sp³-hybridized carbons (Fsp3) is 0.588. The van der Waals surface area contributed by atoms with Crippen molar-refractivity contribution in [1.82, 2.24) is 10.6 Å². The Morgan fingerprint density at radius 1 is 1.32 bits per heavy atom. The van der Waals surface area contributed by atoms with E-state index in [1.807, 2.05) is 0 Å². The van der Waals surface area contributed by atoms with Crippen LogP contribution in [0.25, 0.3) is 0 Å². The van der Waals surface area contributed by atoms with Crippen LogP contribution in [0.3, 0.4) is 0 Å². The minimum Gasteiger partial charge on any atom is -0.376 e. The van der Waals surface area contributed by atoms with Gasteiger partial charge in [-0.1, -0.05) is 15.9 Å². The highest BCUT2D eigenvalue weighted by atomic mass is 127. The quantitative estimate of drug-likeness (QED) is 0.359. The zero-order valence-electron chi connectivity index (χ0n) is 14.4. The van der Waals surface area contributed by atoms with Gasteiger partial charge in [-0.05, 0) is 30.7 Å². The van der Waals surface area contributed by atoms with Gasteiger partial charge in [0.15, 0.2) is 5.96 Å². The normalized spacial score (nSPS) is 23.9. The first-order valence-electron chi connectivity index (χ1n) is 8.41. The lowest BCUT2D eigenvalue weighted by molar-refractivity contribution is -0.0850. The largest absolute Gasteiger partial charge is 0.376 e. The van der Waals surface area contributed by atoms with Gasteiger partial charge in [-0.25, -0.2) is 0 Å². The number of halogens is 2. The summed E-state index contributed by atoms with van der Waals surface area (Å²) in [6, 6.07) is 8.87. The van der Waals surface area contributed by atoms with E-state index in [1.54, 1.807) is 7.05 Å². The fourth-order valence-corrected chi connectivity index (χ4v) is 3.28. The molecule has 6 nitrogen and oxygen atoms in total. The van der Waals surface area contributed by atoms with Gasteiger partial charge in [0.1, 0.15) is 0 Å². The van der Waals surface area contributed by atoms with Crippen molar-refractivity contribution in [3.63, 3.8) is 0 Å². The topological polar surface area (TPSA) is 58.1 Å². The van der Waals surface area contributed by atoms with Gasteiger partial charge in [0.25, 0.3) is 0 Å². The molecule has 25 heavy (non-hydrogen) atoms. The lowest BCUT2D eigenvalue weighted by Gasteiger charge is -2.25. The number of hydrogen-bond donors (Lipinski definition) is 2. The molecule has 0 aromatic heterocycles. The Labute approximate surface area is 174 Å². The Balaban J connectivity index is 0.00000225. The van der Waals surface area contributed by atoms with Crippen LogP contribution in [0.2, 0.25) is 0 Å². The lowest BCUT2D eigenvalue weighted by atomic mass is 10.2. The molecule has 0 saturated carbocycles. The van der Waals surface area contributed by atoms with E-state index < -0.39 is 0 Å². The van der Waals surface area contributed by atoms with Gasteiger partial charge in [0, 0.05) is 42.9 Å². The van der Waals surface area contributed by atoms with Gasteiger partial charge in [0.05, 0.1) is 25.9 Å². The molecule has 1 aromatic carbocycles. The van der Waals surface area contributed by atoms with E-state index in [2.05, 4.69) is 60.7 Å². The lowest BCUT2D eigenvalue weighted by Crippen LogP contribution is -2.48. The monoisotopic (exact) mass is 524 g/mol. The third-order valence-electron chi connectivity index (χ3n) is 4.33. The number of benzene rings is 1. The highest BCUT2D eigenvalue weighted by Gasteiger charge is 2.24. The maximum atomic E-state index is 5.65. The molecule has 2 atom stereocenters. The molecule has 8 heteroatoms. The van der Waals surface area contributed by atoms with Crippen molar-refractivity contribution in [3.8, 4) is 0 Å². The number of anilines is 1. The molecule has 1 aromatic rings. The second kappa shape index (κ2) is 10.5. The Hall–Kier alpha value is -0.580. The van der Waals surface area contributed by atoms with E-state index in [0.29, 0.717) is 32.4 Å². The first-order chi connectivity index (χ1) is 11.7. The maximum Gasteiger partial charge on any atom is 0.191 e. The maximum absolute atomic E-state index is 5.65. The zero-order chi connectivity index (χ0) is 16.8. The van der Waals surface area contributed by atoms with Crippen LogP contribution in [0.4, 0.5) is 5.69 Å². The third-order valence-corrected chi connectivity index (χ3v) is 4.86. The summed E-state index contributed by atoms with van der Waals surface area (Å²) in [6.07, 6.45) is 1.19. The molecule has 140 valence electrons. The van der Waals surface area contributed by atoms with Crippen LogP contribution in [-0.4, -0.2) is 64.6 Å². The second-order valence-electron chi connectivity index (χ2n) is 6.07. The molecule has 0 amide bonds. The second-order valence-corrected chi connectivity index (χ2v) is 6.99. The summed E-state index contributed by atoms with van der Waals surface area (Å²) in [5.41, 5.74) is 1.26. The van der Waals surface area contributed by atoms with E-state index in [-0.39, 0.29) is 30.1 Å². The Morgan fingerprint density at radius 2 is 2.12 bits per heavy atom. The van der Waals surface area contributed by atoms with Gasteiger partial charge < -0.3 is 25.0 Å². The summed E-state index contributed by atoms with van der Waals surface area (Å²) >= 11 is 3.48. The van der Waals surface area contributed by atoms with Crippen molar-refractivity contribution < 1.29 is 9.47 Å². The van der Waals surface area contributed by atoms with Crippen LogP contribution >= 0.6 is 39.9 Å². The molecule has 2 heterocycles. The molecular formula is C17H26BrIN4O2.